The van der Waals surface area contributed by atoms with Gasteiger partial charge in [-0.05, 0) is 49.7 Å². The largest absolute Gasteiger partial charge is 0.490 e. The summed E-state index contributed by atoms with van der Waals surface area (Å²) in [5.74, 6) is -2.95. The predicted molar refractivity (Wildman–Crippen MR) is 139 cm³/mol. The third-order valence-electron chi connectivity index (χ3n) is 5.27. The molecule has 2 aromatic carbocycles. The molecule has 0 atom stereocenters. The second-order valence-electron chi connectivity index (χ2n) is 8.02. The van der Waals surface area contributed by atoms with E-state index in [1.807, 2.05) is 31.2 Å². The van der Waals surface area contributed by atoms with Gasteiger partial charge in [0.05, 0.1) is 5.56 Å². The summed E-state index contributed by atoms with van der Waals surface area (Å²) >= 11 is 6.14. The Bertz CT molecular complexity index is 1090. The fourth-order valence-corrected chi connectivity index (χ4v) is 3.61. The first-order valence-corrected chi connectivity index (χ1v) is 12.2. The molecule has 9 nitrogen and oxygen atoms in total. The number of alkyl halides is 3. The van der Waals surface area contributed by atoms with E-state index < -0.39 is 18.1 Å². The van der Waals surface area contributed by atoms with E-state index in [0.29, 0.717) is 25.4 Å². The summed E-state index contributed by atoms with van der Waals surface area (Å²) in [6.07, 6.45) is -4.25. The number of carboxylic acids is 2. The number of hydrogen-bond acceptors (Lipinski definition) is 5. The number of halogens is 4. The van der Waals surface area contributed by atoms with Crippen molar-refractivity contribution in [2.75, 3.05) is 56.2 Å². The van der Waals surface area contributed by atoms with E-state index in [1.165, 1.54) is 0 Å². The molecule has 0 aliphatic carbocycles. The number of rotatable bonds is 8. The molecule has 3 N–H and O–H groups in total. The zero-order valence-corrected chi connectivity index (χ0v) is 21.5. The minimum Gasteiger partial charge on any atom is -0.478 e. The molecule has 2 aromatic rings. The zero-order valence-electron chi connectivity index (χ0n) is 20.7. The maximum absolute atomic E-state index is 11.3. The van der Waals surface area contributed by atoms with Crippen LogP contribution >= 0.6 is 11.6 Å². The minimum absolute atomic E-state index is 0.242. The van der Waals surface area contributed by atoms with Crippen LogP contribution in [0, 0.1) is 0 Å². The second kappa shape index (κ2) is 15.0. The summed E-state index contributed by atoms with van der Waals surface area (Å²) in [5, 5.41) is 20.5. The molecule has 3 rings (SSSR count). The number of aliphatic imine (C=N–C) groups is 1. The molecule has 0 bridgehead atoms. The quantitative estimate of drug-likeness (QED) is 0.243. The van der Waals surface area contributed by atoms with Gasteiger partial charge in [-0.15, -0.1) is 0 Å². The molecule has 0 saturated carbocycles. The van der Waals surface area contributed by atoms with E-state index >= 15 is 0 Å². The number of aromatic carboxylic acids is 1. The molecule has 0 amide bonds. The molecule has 1 saturated heterocycles. The number of guanidine groups is 1. The zero-order chi connectivity index (χ0) is 28.1. The van der Waals surface area contributed by atoms with Gasteiger partial charge < -0.3 is 30.1 Å². The van der Waals surface area contributed by atoms with Gasteiger partial charge in [0.25, 0.3) is 0 Å². The number of carbonyl (C=O) groups is 2. The van der Waals surface area contributed by atoms with Gasteiger partial charge >= 0.3 is 18.1 Å². The summed E-state index contributed by atoms with van der Waals surface area (Å²) in [7, 11) is 0. The molecule has 1 heterocycles. The lowest BCUT2D eigenvalue weighted by atomic mass is 10.2. The van der Waals surface area contributed by atoms with E-state index in [2.05, 4.69) is 21.2 Å². The molecule has 208 valence electrons. The molecule has 0 unspecified atom stereocenters. The van der Waals surface area contributed by atoms with Crippen molar-refractivity contribution in [3.63, 3.8) is 0 Å². The summed E-state index contributed by atoms with van der Waals surface area (Å²) in [6.45, 7) is 7.25. The van der Waals surface area contributed by atoms with Gasteiger partial charge in [0, 0.05) is 62.3 Å². The van der Waals surface area contributed by atoms with Gasteiger partial charge in [-0.25, -0.2) is 9.59 Å². The third kappa shape index (κ3) is 10.5. The number of hydrogen-bond donors (Lipinski definition) is 3. The molecular weight excluding hydrogens is 529 g/mol. The Hall–Kier alpha value is -3.51. The number of piperazine rings is 1. The van der Waals surface area contributed by atoms with E-state index in [1.54, 1.807) is 18.2 Å². The molecule has 1 aliphatic heterocycles. The van der Waals surface area contributed by atoms with Gasteiger partial charge in [-0.2, -0.15) is 13.2 Å². The normalized spacial score (nSPS) is 14.0. The van der Waals surface area contributed by atoms with Crippen LogP contribution in [0.25, 0.3) is 0 Å². The summed E-state index contributed by atoms with van der Waals surface area (Å²) in [5.41, 5.74) is 2.07. The number of benzene rings is 2. The first-order valence-electron chi connectivity index (χ1n) is 11.8. The van der Waals surface area contributed by atoms with Crippen LogP contribution in [0.4, 0.5) is 24.5 Å². The number of ether oxygens (including phenoxy) is 1. The van der Waals surface area contributed by atoms with Crippen LogP contribution < -0.4 is 10.2 Å². The molecule has 0 radical (unpaired) electrons. The topological polar surface area (TPSA) is 115 Å². The summed E-state index contributed by atoms with van der Waals surface area (Å²) < 4.78 is 37.1. The van der Waals surface area contributed by atoms with Crippen molar-refractivity contribution in [1.29, 1.82) is 0 Å². The van der Waals surface area contributed by atoms with Crippen molar-refractivity contribution in [3.8, 4) is 0 Å². The van der Waals surface area contributed by atoms with Gasteiger partial charge in [0.15, 0.2) is 5.96 Å². The highest BCUT2D eigenvalue weighted by atomic mass is 35.5. The summed E-state index contributed by atoms with van der Waals surface area (Å²) in [6, 6.07) is 14.7. The molecule has 1 fully saturated rings. The number of aliphatic carboxylic acids is 1. The molecule has 13 heteroatoms. The molecule has 0 aromatic heterocycles. The van der Waals surface area contributed by atoms with Crippen LogP contribution in [-0.2, 0) is 9.53 Å². The minimum atomic E-state index is -5.08. The van der Waals surface area contributed by atoms with Crippen LogP contribution in [0.1, 0.15) is 23.7 Å². The van der Waals surface area contributed by atoms with Crippen LogP contribution in [0.2, 0.25) is 5.02 Å². The number of nitrogens with one attached hydrogen (secondary N) is 1. The van der Waals surface area contributed by atoms with Gasteiger partial charge in [-0.3, -0.25) is 4.99 Å². The van der Waals surface area contributed by atoms with Gasteiger partial charge in [0.2, 0.25) is 0 Å². The van der Waals surface area contributed by atoms with E-state index in [4.69, 9.17) is 31.2 Å². The van der Waals surface area contributed by atoms with Crippen LogP contribution in [0.15, 0.2) is 53.5 Å². The summed E-state index contributed by atoms with van der Waals surface area (Å²) in [4.78, 5) is 29.5. The molecule has 0 spiro atoms. The van der Waals surface area contributed by atoms with Gasteiger partial charge in [-0.1, -0.05) is 23.7 Å². The van der Waals surface area contributed by atoms with E-state index in [0.717, 1.165) is 49.3 Å². The van der Waals surface area contributed by atoms with Crippen LogP contribution in [-0.4, -0.2) is 85.1 Å². The Morgan fingerprint density at radius 3 is 2.32 bits per heavy atom. The van der Waals surface area contributed by atoms with Gasteiger partial charge in [0.1, 0.15) is 0 Å². The monoisotopic (exact) mass is 558 g/mol. The Morgan fingerprint density at radius 1 is 1.08 bits per heavy atom. The van der Waals surface area contributed by atoms with Crippen molar-refractivity contribution >= 4 is 40.9 Å². The SMILES string of the molecule is CCOCCCN=C(Nc1cccc(C(=O)O)c1)N1CCN(c2cccc(Cl)c2)CC1.O=C(O)C(F)(F)F. The Balaban J connectivity index is 0.000000638. The first kappa shape index (κ1) is 30.7. The molecule has 1 aliphatic rings. The lowest BCUT2D eigenvalue weighted by molar-refractivity contribution is -0.192. The van der Waals surface area contributed by atoms with Crippen LogP contribution in [0.5, 0.6) is 0 Å². The van der Waals surface area contributed by atoms with Crippen molar-refractivity contribution in [2.45, 2.75) is 19.5 Å². The predicted octanol–water partition coefficient (Wildman–Crippen LogP) is 4.69. The van der Waals surface area contributed by atoms with E-state index in [-0.39, 0.29) is 5.56 Å². The highest BCUT2D eigenvalue weighted by Gasteiger charge is 2.38. The number of anilines is 2. The lowest BCUT2D eigenvalue weighted by Crippen LogP contribution is -2.50. The maximum atomic E-state index is 11.3. The lowest BCUT2D eigenvalue weighted by Gasteiger charge is -2.37. The fraction of sp³-hybridized carbons (Fsp3) is 0.400. The average Bonchev–Trinajstić information content (AvgIpc) is 2.88. The highest BCUT2D eigenvalue weighted by Crippen LogP contribution is 2.21. The molecular formula is C25H30ClF3N4O5. The Kier molecular flexibility index (Phi) is 12.2. The average molecular weight is 559 g/mol. The Labute approximate surface area is 223 Å². The van der Waals surface area contributed by atoms with Crippen molar-refractivity contribution in [3.05, 3.63) is 59.1 Å². The highest BCUT2D eigenvalue weighted by molar-refractivity contribution is 6.30. The smallest absolute Gasteiger partial charge is 0.478 e. The molecule has 38 heavy (non-hydrogen) atoms. The van der Waals surface area contributed by atoms with E-state index in [9.17, 15) is 23.1 Å². The maximum Gasteiger partial charge on any atom is 0.490 e. The van der Waals surface area contributed by atoms with Crippen molar-refractivity contribution in [2.24, 2.45) is 4.99 Å². The Morgan fingerprint density at radius 2 is 1.74 bits per heavy atom. The first-order chi connectivity index (χ1) is 18.0. The number of carboxylic acid groups (broad SMARTS) is 2. The van der Waals surface area contributed by atoms with Crippen LogP contribution in [0.3, 0.4) is 0 Å². The number of nitrogens with zero attached hydrogens (tertiary/aromatic N) is 3. The second-order valence-corrected chi connectivity index (χ2v) is 8.46. The fourth-order valence-electron chi connectivity index (χ4n) is 3.42. The van der Waals surface area contributed by atoms with Crippen molar-refractivity contribution in [1.82, 2.24) is 4.90 Å². The standard InChI is InChI=1S/C23H29ClN4O3.C2HF3O2/c1-2-31-15-5-10-25-23(26-20-8-3-6-18(16-20)22(29)30)28-13-11-27(12-14-28)21-9-4-7-19(24)17-21;3-2(4,5)1(6)7/h3-4,6-9,16-17H,2,5,10-15H2,1H3,(H,25,26)(H,29,30);(H,6,7). The third-order valence-corrected chi connectivity index (χ3v) is 5.51. The van der Waals surface area contributed by atoms with Crippen molar-refractivity contribution < 1.29 is 37.7 Å².